The summed E-state index contributed by atoms with van der Waals surface area (Å²) in [5.41, 5.74) is 12.6. The summed E-state index contributed by atoms with van der Waals surface area (Å²) < 4.78 is 6.02. The van der Waals surface area contributed by atoms with E-state index in [1.54, 1.807) is 19.2 Å². The van der Waals surface area contributed by atoms with Gasteiger partial charge in [0.1, 0.15) is 17.4 Å². The number of anilines is 4. The van der Waals surface area contributed by atoms with Crippen LogP contribution in [-0.2, 0) is 0 Å². The smallest absolute Gasteiger partial charge is 0.149 e. The molecule has 2 aromatic rings. The number of pyridine rings is 1. The molecule has 0 aliphatic rings. The van der Waals surface area contributed by atoms with Crippen molar-refractivity contribution >= 4 is 38.9 Å². The molecule has 18 heavy (non-hydrogen) atoms. The van der Waals surface area contributed by atoms with Crippen LogP contribution in [0.4, 0.5) is 23.0 Å². The fourth-order valence-electron chi connectivity index (χ4n) is 1.45. The Morgan fingerprint density at radius 3 is 2.61 bits per heavy atom. The zero-order valence-electron chi connectivity index (χ0n) is 9.77. The lowest BCUT2D eigenvalue weighted by atomic mass is 10.3. The van der Waals surface area contributed by atoms with Gasteiger partial charge in [-0.05, 0) is 46.3 Å². The van der Waals surface area contributed by atoms with Crippen LogP contribution in [0.3, 0.4) is 0 Å². The molecule has 0 amide bonds. The fraction of sp³-hybridized carbons (Fsp3) is 0.0833. The van der Waals surface area contributed by atoms with E-state index in [2.05, 4.69) is 26.2 Å². The molecule has 0 atom stereocenters. The summed E-state index contributed by atoms with van der Waals surface area (Å²) >= 11 is 3.42. The van der Waals surface area contributed by atoms with Crippen LogP contribution in [0.1, 0.15) is 0 Å². The van der Waals surface area contributed by atoms with E-state index < -0.39 is 0 Å². The lowest BCUT2D eigenvalue weighted by Gasteiger charge is -2.09. The second-order valence-corrected chi connectivity index (χ2v) is 4.50. The highest BCUT2D eigenvalue weighted by atomic mass is 79.9. The monoisotopic (exact) mass is 308 g/mol. The van der Waals surface area contributed by atoms with E-state index in [1.807, 2.05) is 18.2 Å². The number of halogens is 1. The Morgan fingerprint density at radius 1 is 1.22 bits per heavy atom. The van der Waals surface area contributed by atoms with Crippen molar-refractivity contribution in [3.63, 3.8) is 0 Å². The Balaban J connectivity index is 2.23. The van der Waals surface area contributed by atoms with Crippen molar-refractivity contribution in [3.8, 4) is 5.75 Å². The van der Waals surface area contributed by atoms with Gasteiger partial charge in [0.05, 0.1) is 17.3 Å². The van der Waals surface area contributed by atoms with E-state index in [-0.39, 0.29) is 0 Å². The molecule has 94 valence electrons. The van der Waals surface area contributed by atoms with Gasteiger partial charge in [-0.1, -0.05) is 0 Å². The third-order valence-corrected chi connectivity index (χ3v) is 3.00. The molecule has 0 radical (unpaired) electrons. The summed E-state index contributed by atoms with van der Waals surface area (Å²) in [4.78, 5) is 4.14. The second-order valence-electron chi connectivity index (χ2n) is 3.65. The van der Waals surface area contributed by atoms with Crippen molar-refractivity contribution in [2.75, 3.05) is 23.9 Å². The highest BCUT2D eigenvalue weighted by molar-refractivity contribution is 9.10. The Kier molecular flexibility index (Phi) is 3.57. The molecule has 2 rings (SSSR count). The van der Waals surface area contributed by atoms with E-state index in [0.717, 1.165) is 15.9 Å². The summed E-state index contributed by atoms with van der Waals surface area (Å²) in [6.45, 7) is 0. The van der Waals surface area contributed by atoms with Crippen LogP contribution in [0.2, 0.25) is 0 Å². The maximum Gasteiger partial charge on any atom is 0.149 e. The predicted octanol–water partition coefficient (Wildman–Crippen LogP) is 2.76. The summed E-state index contributed by atoms with van der Waals surface area (Å²) in [6.07, 6.45) is 0. The molecule has 6 heteroatoms. The zero-order valence-corrected chi connectivity index (χ0v) is 11.4. The Labute approximate surface area is 113 Å². The lowest BCUT2D eigenvalue weighted by molar-refractivity contribution is 0.412. The minimum Gasteiger partial charge on any atom is -0.496 e. The molecule has 0 unspecified atom stereocenters. The number of methoxy groups -OCH3 is 1. The van der Waals surface area contributed by atoms with Crippen molar-refractivity contribution < 1.29 is 4.74 Å². The minimum absolute atomic E-state index is 0.313. The maximum absolute atomic E-state index is 5.64. The van der Waals surface area contributed by atoms with Gasteiger partial charge in [-0.3, -0.25) is 0 Å². The van der Waals surface area contributed by atoms with E-state index in [4.69, 9.17) is 16.2 Å². The van der Waals surface area contributed by atoms with Gasteiger partial charge in [0.15, 0.2) is 0 Å². The standard InChI is InChI=1S/C12H13BrN4O/c1-18-10-4-2-7(6-8(10)13)16-11-5-3-9(14)12(15)17-11/h2-6H,14H2,1H3,(H3,15,16,17). The van der Waals surface area contributed by atoms with E-state index in [0.29, 0.717) is 17.3 Å². The summed E-state index contributed by atoms with van der Waals surface area (Å²) in [6, 6.07) is 9.12. The highest BCUT2D eigenvalue weighted by Crippen LogP contribution is 2.29. The predicted molar refractivity (Wildman–Crippen MR) is 77.0 cm³/mol. The van der Waals surface area contributed by atoms with Gasteiger partial charge in [0.2, 0.25) is 0 Å². The van der Waals surface area contributed by atoms with E-state index >= 15 is 0 Å². The molecule has 0 spiro atoms. The molecule has 5 N–H and O–H groups in total. The van der Waals surface area contributed by atoms with E-state index in [9.17, 15) is 0 Å². The fourth-order valence-corrected chi connectivity index (χ4v) is 1.99. The third kappa shape index (κ3) is 2.65. The molecule has 0 aliphatic heterocycles. The number of nitrogens with one attached hydrogen (secondary N) is 1. The van der Waals surface area contributed by atoms with Crippen molar-refractivity contribution in [3.05, 3.63) is 34.8 Å². The van der Waals surface area contributed by atoms with Crippen LogP contribution in [0.25, 0.3) is 0 Å². The van der Waals surface area contributed by atoms with Gasteiger partial charge in [0, 0.05) is 5.69 Å². The normalized spacial score (nSPS) is 10.1. The highest BCUT2D eigenvalue weighted by Gasteiger charge is 2.03. The van der Waals surface area contributed by atoms with Gasteiger partial charge in [-0.25, -0.2) is 4.98 Å². The molecule has 0 aliphatic carbocycles. The average Bonchev–Trinajstić information content (AvgIpc) is 2.34. The maximum atomic E-state index is 5.64. The number of nitrogens with two attached hydrogens (primary N) is 2. The van der Waals surface area contributed by atoms with Crippen LogP contribution >= 0.6 is 15.9 Å². The number of nitrogen functional groups attached to an aromatic ring is 2. The molecule has 0 saturated heterocycles. The molecule has 0 saturated carbocycles. The average molecular weight is 309 g/mol. The largest absolute Gasteiger partial charge is 0.496 e. The Hall–Kier alpha value is -1.95. The number of nitrogens with zero attached hydrogens (tertiary/aromatic N) is 1. The molecule has 1 aromatic carbocycles. The zero-order chi connectivity index (χ0) is 13.1. The number of rotatable bonds is 3. The van der Waals surface area contributed by atoms with Gasteiger partial charge in [0.25, 0.3) is 0 Å². The number of aromatic nitrogens is 1. The molecule has 5 nitrogen and oxygen atoms in total. The lowest BCUT2D eigenvalue weighted by Crippen LogP contribution is -2.01. The number of benzene rings is 1. The van der Waals surface area contributed by atoms with E-state index in [1.165, 1.54) is 0 Å². The summed E-state index contributed by atoms with van der Waals surface area (Å²) in [7, 11) is 1.62. The molecule has 0 fully saturated rings. The van der Waals surface area contributed by atoms with Crippen LogP contribution in [0, 0.1) is 0 Å². The van der Waals surface area contributed by atoms with Crippen molar-refractivity contribution in [2.24, 2.45) is 0 Å². The molecule has 1 aromatic heterocycles. The molecule has 0 bridgehead atoms. The first kappa shape index (κ1) is 12.5. The van der Waals surface area contributed by atoms with Gasteiger partial charge in [-0.2, -0.15) is 0 Å². The second kappa shape index (κ2) is 5.14. The molecular weight excluding hydrogens is 296 g/mol. The van der Waals surface area contributed by atoms with Crippen molar-refractivity contribution in [1.29, 1.82) is 0 Å². The summed E-state index contributed by atoms with van der Waals surface area (Å²) in [5.74, 6) is 1.72. The third-order valence-electron chi connectivity index (χ3n) is 2.38. The SMILES string of the molecule is COc1ccc(Nc2ccc(N)c(N)n2)cc1Br. The number of hydrogen-bond acceptors (Lipinski definition) is 5. The van der Waals surface area contributed by atoms with Gasteiger partial charge in [-0.15, -0.1) is 0 Å². The first-order valence-electron chi connectivity index (χ1n) is 5.22. The number of ether oxygens (including phenoxy) is 1. The Morgan fingerprint density at radius 2 is 2.00 bits per heavy atom. The van der Waals surface area contributed by atoms with Gasteiger partial charge < -0.3 is 21.5 Å². The number of hydrogen-bond donors (Lipinski definition) is 3. The van der Waals surface area contributed by atoms with Crippen LogP contribution in [-0.4, -0.2) is 12.1 Å². The first-order valence-corrected chi connectivity index (χ1v) is 6.02. The summed E-state index contributed by atoms with van der Waals surface area (Å²) in [5, 5.41) is 3.13. The topological polar surface area (TPSA) is 86.2 Å². The Bertz CT molecular complexity index is 574. The minimum atomic E-state index is 0.313. The van der Waals surface area contributed by atoms with Gasteiger partial charge >= 0.3 is 0 Å². The molecule has 1 heterocycles. The first-order chi connectivity index (χ1) is 8.60. The van der Waals surface area contributed by atoms with Crippen molar-refractivity contribution in [1.82, 2.24) is 4.98 Å². The van der Waals surface area contributed by atoms with Crippen LogP contribution < -0.4 is 21.5 Å². The van der Waals surface area contributed by atoms with Crippen molar-refractivity contribution in [2.45, 2.75) is 0 Å². The van der Waals surface area contributed by atoms with Crippen LogP contribution in [0.5, 0.6) is 5.75 Å². The quantitative estimate of drug-likeness (QED) is 0.811. The van der Waals surface area contributed by atoms with Crippen LogP contribution in [0.15, 0.2) is 34.8 Å². The molecular formula is C12H13BrN4O.